The fourth-order valence-corrected chi connectivity index (χ4v) is 1.91. The van der Waals surface area contributed by atoms with E-state index in [0.717, 1.165) is 0 Å². The molecule has 84 valence electrons. The van der Waals surface area contributed by atoms with Crippen molar-refractivity contribution < 1.29 is 5.11 Å². The van der Waals surface area contributed by atoms with E-state index in [1.165, 1.54) is 0 Å². The monoisotopic (exact) mass is 227 g/mol. The summed E-state index contributed by atoms with van der Waals surface area (Å²) < 4.78 is 0. The zero-order valence-electron chi connectivity index (χ0n) is 8.97. The second kappa shape index (κ2) is 5.82. The van der Waals surface area contributed by atoms with Gasteiger partial charge in [-0.3, -0.25) is 0 Å². The molecule has 1 heterocycles. The smallest absolute Gasteiger partial charge is 0.149 e. The van der Waals surface area contributed by atoms with Gasteiger partial charge in [0.05, 0.1) is 12.3 Å². The zero-order valence-corrected chi connectivity index (χ0v) is 9.79. The molecule has 0 bridgehead atoms. The summed E-state index contributed by atoms with van der Waals surface area (Å²) in [5, 5.41) is 12.5. The molecule has 0 aromatic carbocycles. The number of nitrogens with zero attached hydrogens (tertiary/aromatic N) is 1. The van der Waals surface area contributed by atoms with Crippen LogP contribution < -0.4 is 11.1 Å². The molecule has 2 atom stereocenters. The van der Waals surface area contributed by atoms with Gasteiger partial charge in [-0.05, 0) is 25.3 Å². The Bertz CT molecular complexity index is 304. The lowest BCUT2D eigenvalue weighted by atomic mass is 10.2. The molecule has 2 unspecified atom stereocenters. The van der Waals surface area contributed by atoms with Crippen molar-refractivity contribution in [3.05, 3.63) is 18.3 Å². The Labute approximate surface area is 94.3 Å². The molecule has 4 N–H and O–H groups in total. The Hall–Kier alpha value is -0.940. The Morgan fingerprint density at radius 1 is 1.67 bits per heavy atom. The molecule has 1 rings (SSSR count). The first kappa shape index (κ1) is 12.1. The van der Waals surface area contributed by atoms with Crippen LogP contribution in [0.1, 0.15) is 6.92 Å². The van der Waals surface area contributed by atoms with Crippen molar-refractivity contribution in [1.82, 2.24) is 4.98 Å². The van der Waals surface area contributed by atoms with Crippen LogP contribution in [0.2, 0.25) is 0 Å². The molecule has 15 heavy (non-hydrogen) atoms. The van der Waals surface area contributed by atoms with Crippen LogP contribution in [-0.2, 0) is 0 Å². The summed E-state index contributed by atoms with van der Waals surface area (Å²) in [5.74, 6) is 0.678. The summed E-state index contributed by atoms with van der Waals surface area (Å²) in [6.07, 6.45) is 3.67. The van der Waals surface area contributed by atoms with Crippen molar-refractivity contribution >= 4 is 23.3 Å². The summed E-state index contributed by atoms with van der Waals surface area (Å²) in [4.78, 5) is 4.14. The first-order valence-electron chi connectivity index (χ1n) is 4.79. The minimum absolute atomic E-state index is 0.127. The predicted octanol–water partition coefficient (Wildman–Crippen LogP) is 1.19. The highest BCUT2D eigenvalue weighted by atomic mass is 32.2. The van der Waals surface area contributed by atoms with Crippen molar-refractivity contribution in [2.24, 2.45) is 0 Å². The number of hydrogen-bond acceptors (Lipinski definition) is 5. The standard InChI is InChI=1S/C10H17N3OS/c1-7(9(6-14)15-2)13-10-8(11)4-3-5-12-10/h3-5,7,9,14H,6,11H2,1-2H3,(H,12,13). The molecule has 0 aliphatic rings. The molecule has 4 nitrogen and oxygen atoms in total. The van der Waals surface area contributed by atoms with E-state index in [1.54, 1.807) is 30.1 Å². The molecule has 0 radical (unpaired) electrons. The van der Waals surface area contributed by atoms with Gasteiger partial charge in [0, 0.05) is 17.5 Å². The highest BCUT2D eigenvalue weighted by molar-refractivity contribution is 7.99. The molecule has 1 aromatic heterocycles. The van der Waals surface area contributed by atoms with E-state index in [4.69, 9.17) is 10.8 Å². The van der Waals surface area contributed by atoms with E-state index < -0.39 is 0 Å². The quantitative estimate of drug-likeness (QED) is 0.705. The van der Waals surface area contributed by atoms with Crippen LogP contribution in [0.3, 0.4) is 0 Å². The highest BCUT2D eigenvalue weighted by Gasteiger charge is 2.15. The van der Waals surface area contributed by atoms with Gasteiger partial charge in [-0.2, -0.15) is 11.8 Å². The van der Waals surface area contributed by atoms with Crippen LogP contribution in [0.5, 0.6) is 0 Å². The van der Waals surface area contributed by atoms with Crippen LogP contribution in [0.4, 0.5) is 11.5 Å². The second-order valence-electron chi connectivity index (χ2n) is 3.33. The molecule has 0 fully saturated rings. The van der Waals surface area contributed by atoms with Gasteiger partial charge in [0.2, 0.25) is 0 Å². The number of nitrogens with two attached hydrogens (primary N) is 1. The molecular formula is C10H17N3OS. The fraction of sp³-hybridized carbons (Fsp3) is 0.500. The minimum Gasteiger partial charge on any atom is -0.396 e. The van der Waals surface area contributed by atoms with Gasteiger partial charge in [-0.25, -0.2) is 4.98 Å². The van der Waals surface area contributed by atoms with Gasteiger partial charge < -0.3 is 16.2 Å². The number of nitrogens with one attached hydrogen (secondary N) is 1. The van der Waals surface area contributed by atoms with E-state index in [1.807, 2.05) is 13.2 Å². The summed E-state index contributed by atoms with van der Waals surface area (Å²) in [7, 11) is 0. The first-order chi connectivity index (χ1) is 7.19. The lowest BCUT2D eigenvalue weighted by Crippen LogP contribution is -2.31. The van der Waals surface area contributed by atoms with E-state index >= 15 is 0 Å². The molecule has 0 aliphatic heterocycles. The van der Waals surface area contributed by atoms with Gasteiger partial charge in [-0.15, -0.1) is 0 Å². The number of aliphatic hydroxyl groups excluding tert-OH is 1. The SMILES string of the molecule is CSC(CO)C(C)Nc1ncccc1N. The number of anilines is 2. The van der Waals surface area contributed by atoms with Crippen LogP contribution in [0, 0.1) is 0 Å². The third-order valence-electron chi connectivity index (χ3n) is 2.24. The summed E-state index contributed by atoms with van der Waals surface area (Å²) >= 11 is 1.62. The number of aliphatic hydroxyl groups is 1. The first-order valence-corrected chi connectivity index (χ1v) is 6.08. The van der Waals surface area contributed by atoms with Crippen LogP contribution >= 0.6 is 11.8 Å². The summed E-state index contributed by atoms with van der Waals surface area (Å²) in [5.41, 5.74) is 6.38. The molecule has 5 heteroatoms. The van der Waals surface area contributed by atoms with Crippen LogP contribution in [0.15, 0.2) is 18.3 Å². The summed E-state index contributed by atoms with van der Waals surface area (Å²) in [6, 6.07) is 3.72. The van der Waals surface area contributed by atoms with Crippen molar-refractivity contribution in [3.8, 4) is 0 Å². The Morgan fingerprint density at radius 3 is 2.93 bits per heavy atom. The van der Waals surface area contributed by atoms with Crippen molar-refractivity contribution in [3.63, 3.8) is 0 Å². The molecule has 0 aliphatic carbocycles. The number of pyridine rings is 1. The molecule has 0 saturated heterocycles. The van der Waals surface area contributed by atoms with E-state index in [9.17, 15) is 0 Å². The van der Waals surface area contributed by atoms with Crippen molar-refractivity contribution in [2.75, 3.05) is 23.9 Å². The molecule has 1 aromatic rings. The topological polar surface area (TPSA) is 71.2 Å². The maximum atomic E-state index is 9.13. The van der Waals surface area contributed by atoms with Gasteiger partial charge >= 0.3 is 0 Å². The third-order valence-corrected chi connectivity index (χ3v) is 3.41. The average molecular weight is 227 g/mol. The van der Waals surface area contributed by atoms with Crippen LogP contribution in [0.25, 0.3) is 0 Å². The lowest BCUT2D eigenvalue weighted by molar-refractivity contribution is 0.288. The maximum absolute atomic E-state index is 9.13. The number of rotatable bonds is 5. The number of hydrogen-bond donors (Lipinski definition) is 3. The normalized spacial score (nSPS) is 14.6. The van der Waals surface area contributed by atoms with Gasteiger partial charge in [0.25, 0.3) is 0 Å². The van der Waals surface area contributed by atoms with E-state index in [2.05, 4.69) is 10.3 Å². The Kier molecular flexibility index (Phi) is 4.71. The summed E-state index contributed by atoms with van der Waals surface area (Å²) in [6.45, 7) is 2.15. The average Bonchev–Trinajstić information content (AvgIpc) is 2.23. The molecule has 0 amide bonds. The molecular weight excluding hydrogens is 210 g/mol. The fourth-order valence-electron chi connectivity index (χ4n) is 1.28. The molecule has 0 spiro atoms. The second-order valence-corrected chi connectivity index (χ2v) is 4.41. The lowest BCUT2D eigenvalue weighted by Gasteiger charge is -2.22. The molecule has 0 saturated carbocycles. The predicted molar refractivity (Wildman–Crippen MR) is 66.1 cm³/mol. The highest BCUT2D eigenvalue weighted by Crippen LogP contribution is 2.18. The largest absolute Gasteiger partial charge is 0.396 e. The third kappa shape index (κ3) is 3.28. The van der Waals surface area contributed by atoms with Gasteiger partial charge in [-0.1, -0.05) is 0 Å². The van der Waals surface area contributed by atoms with Gasteiger partial charge in [0.15, 0.2) is 0 Å². The Morgan fingerprint density at radius 2 is 2.40 bits per heavy atom. The minimum atomic E-state index is 0.127. The van der Waals surface area contributed by atoms with E-state index in [0.29, 0.717) is 11.5 Å². The van der Waals surface area contributed by atoms with Gasteiger partial charge in [0.1, 0.15) is 5.82 Å². The Balaban J connectivity index is 2.65. The maximum Gasteiger partial charge on any atom is 0.149 e. The van der Waals surface area contributed by atoms with Crippen LogP contribution in [-0.4, -0.2) is 34.2 Å². The van der Waals surface area contributed by atoms with Crippen molar-refractivity contribution in [2.45, 2.75) is 18.2 Å². The van der Waals surface area contributed by atoms with Crippen molar-refractivity contribution in [1.29, 1.82) is 0 Å². The number of aromatic nitrogens is 1. The number of nitrogen functional groups attached to an aromatic ring is 1. The van der Waals surface area contributed by atoms with E-state index in [-0.39, 0.29) is 17.9 Å². The number of thioether (sulfide) groups is 1. The zero-order chi connectivity index (χ0) is 11.3.